The third-order valence-electron chi connectivity index (χ3n) is 1.50. The molecular formula is C10H10ClN. The molecule has 0 radical (unpaired) electrons. The Kier molecular flexibility index (Phi) is 3.06. The summed E-state index contributed by atoms with van der Waals surface area (Å²) in [6, 6.07) is 1.76. The van der Waals surface area contributed by atoms with E-state index in [2.05, 4.69) is 11.6 Å². The van der Waals surface area contributed by atoms with Crippen LogP contribution >= 0.6 is 11.6 Å². The zero-order valence-electron chi connectivity index (χ0n) is 6.92. The number of nitrogens with zero attached hydrogens (tertiary/aromatic N) is 1. The first-order valence-electron chi connectivity index (χ1n) is 3.69. The monoisotopic (exact) mass is 179 g/mol. The molecule has 1 heterocycles. The van der Waals surface area contributed by atoms with Gasteiger partial charge < -0.3 is 0 Å². The van der Waals surface area contributed by atoms with Crippen molar-refractivity contribution in [1.29, 1.82) is 0 Å². The first-order valence-corrected chi connectivity index (χ1v) is 4.07. The molecule has 0 fully saturated rings. The van der Waals surface area contributed by atoms with Crippen molar-refractivity contribution in [2.75, 3.05) is 0 Å². The van der Waals surface area contributed by atoms with Gasteiger partial charge in [-0.25, -0.2) is 0 Å². The molecule has 1 nitrogen and oxygen atoms in total. The second-order valence-corrected chi connectivity index (χ2v) is 2.70. The van der Waals surface area contributed by atoms with Crippen LogP contribution in [-0.4, -0.2) is 4.98 Å². The minimum atomic E-state index is 0.688. The van der Waals surface area contributed by atoms with E-state index in [1.807, 2.05) is 19.1 Å². The average Bonchev–Trinajstić information content (AvgIpc) is 2.05. The van der Waals surface area contributed by atoms with E-state index in [1.54, 1.807) is 18.3 Å². The highest BCUT2D eigenvalue weighted by atomic mass is 35.5. The first kappa shape index (κ1) is 9.01. The summed E-state index contributed by atoms with van der Waals surface area (Å²) in [4.78, 5) is 4.16. The lowest BCUT2D eigenvalue weighted by Crippen LogP contribution is -1.86. The summed E-state index contributed by atoms with van der Waals surface area (Å²) in [7, 11) is 0. The predicted octanol–water partition coefficient (Wildman–Crippen LogP) is 3.41. The van der Waals surface area contributed by atoms with Gasteiger partial charge in [0.2, 0.25) is 0 Å². The van der Waals surface area contributed by atoms with Crippen molar-refractivity contribution in [1.82, 2.24) is 4.98 Å². The molecule has 0 aliphatic heterocycles. The Labute approximate surface area is 77.4 Å². The molecule has 0 aliphatic carbocycles. The molecule has 12 heavy (non-hydrogen) atoms. The summed E-state index contributed by atoms with van der Waals surface area (Å²) in [5.74, 6) is 0. The van der Waals surface area contributed by atoms with E-state index in [-0.39, 0.29) is 0 Å². The van der Waals surface area contributed by atoms with Crippen molar-refractivity contribution in [3.8, 4) is 0 Å². The van der Waals surface area contributed by atoms with Crippen molar-refractivity contribution >= 4 is 23.8 Å². The van der Waals surface area contributed by atoms with E-state index >= 15 is 0 Å². The molecule has 0 amide bonds. The smallest absolute Gasteiger partial charge is 0.0713 e. The second-order valence-electron chi connectivity index (χ2n) is 2.30. The molecule has 1 aromatic rings. The van der Waals surface area contributed by atoms with Crippen LogP contribution in [0.3, 0.4) is 0 Å². The molecule has 62 valence electrons. The number of aromatic nitrogens is 1. The molecule has 0 atom stereocenters. The van der Waals surface area contributed by atoms with Gasteiger partial charge in [-0.15, -0.1) is 0 Å². The van der Waals surface area contributed by atoms with Crippen LogP contribution in [0, 0.1) is 0 Å². The maximum atomic E-state index is 5.92. The summed E-state index contributed by atoms with van der Waals surface area (Å²) in [6.07, 6.45) is 7.23. The van der Waals surface area contributed by atoms with Crippen molar-refractivity contribution in [2.24, 2.45) is 0 Å². The molecule has 1 aromatic heterocycles. The Morgan fingerprint density at radius 1 is 1.58 bits per heavy atom. The largest absolute Gasteiger partial charge is 0.256 e. The molecule has 0 saturated carbocycles. The summed E-state index contributed by atoms with van der Waals surface area (Å²) >= 11 is 5.92. The minimum Gasteiger partial charge on any atom is -0.256 e. The number of rotatable bonds is 2. The van der Waals surface area contributed by atoms with Gasteiger partial charge in [0.05, 0.1) is 10.7 Å². The predicted molar refractivity (Wildman–Crippen MR) is 54.0 cm³/mol. The fourth-order valence-electron chi connectivity index (χ4n) is 0.957. The Morgan fingerprint density at radius 3 is 2.92 bits per heavy atom. The van der Waals surface area contributed by atoms with Crippen LogP contribution in [-0.2, 0) is 0 Å². The minimum absolute atomic E-state index is 0.688. The zero-order valence-corrected chi connectivity index (χ0v) is 7.67. The summed E-state index contributed by atoms with van der Waals surface area (Å²) in [5, 5.41) is 0.688. The van der Waals surface area contributed by atoms with Gasteiger partial charge in [0.15, 0.2) is 0 Å². The van der Waals surface area contributed by atoms with Crippen LogP contribution in [0.2, 0.25) is 5.02 Å². The SMILES string of the molecule is C=Cc1c(Cl)ccnc1/C=C\C. The van der Waals surface area contributed by atoms with Gasteiger partial charge in [0, 0.05) is 11.8 Å². The highest BCUT2D eigenvalue weighted by Crippen LogP contribution is 2.19. The third kappa shape index (κ3) is 1.74. The maximum Gasteiger partial charge on any atom is 0.0713 e. The number of allylic oxidation sites excluding steroid dienone is 1. The van der Waals surface area contributed by atoms with Gasteiger partial charge >= 0.3 is 0 Å². The van der Waals surface area contributed by atoms with Crippen LogP contribution in [0.1, 0.15) is 18.2 Å². The number of hydrogen-bond acceptors (Lipinski definition) is 1. The molecule has 0 bridgehead atoms. The van der Waals surface area contributed by atoms with E-state index in [9.17, 15) is 0 Å². The molecule has 0 spiro atoms. The fourth-order valence-corrected chi connectivity index (χ4v) is 1.19. The number of hydrogen-bond donors (Lipinski definition) is 0. The van der Waals surface area contributed by atoms with Gasteiger partial charge in [-0.2, -0.15) is 0 Å². The quantitative estimate of drug-likeness (QED) is 0.678. The van der Waals surface area contributed by atoms with Gasteiger partial charge in [-0.1, -0.05) is 30.3 Å². The second kappa shape index (κ2) is 4.07. The molecule has 1 rings (SSSR count). The molecule has 0 unspecified atom stereocenters. The average molecular weight is 180 g/mol. The Balaban J connectivity index is 3.27. The van der Waals surface area contributed by atoms with Crippen molar-refractivity contribution < 1.29 is 0 Å². The Morgan fingerprint density at radius 2 is 2.33 bits per heavy atom. The maximum absolute atomic E-state index is 5.92. The van der Waals surface area contributed by atoms with Gasteiger partial charge in [-0.3, -0.25) is 4.98 Å². The van der Waals surface area contributed by atoms with Gasteiger partial charge in [-0.05, 0) is 19.1 Å². The standard InChI is InChI=1S/C10H10ClN/c1-3-5-10-8(4-2)9(11)6-7-12-10/h3-7H,2H2,1H3/b5-3-. The van der Waals surface area contributed by atoms with Crippen LogP contribution in [0.25, 0.3) is 12.2 Å². The highest BCUT2D eigenvalue weighted by Gasteiger charge is 2.00. The Bertz CT molecular complexity index is 316. The fraction of sp³-hybridized carbons (Fsp3) is 0.100. The summed E-state index contributed by atoms with van der Waals surface area (Å²) in [6.45, 7) is 5.62. The van der Waals surface area contributed by atoms with Gasteiger partial charge in [0.25, 0.3) is 0 Å². The molecular weight excluding hydrogens is 170 g/mol. The van der Waals surface area contributed by atoms with Crippen LogP contribution in [0.15, 0.2) is 24.9 Å². The third-order valence-corrected chi connectivity index (χ3v) is 1.83. The van der Waals surface area contributed by atoms with Crippen LogP contribution in [0.4, 0.5) is 0 Å². The topological polar surface area (TPSA) is 12.9 Å². The Hall–Kier alpha value is -1.08. The molecule has 0 aromatic carbocycles. The lowest BCUT2D eigenvalue weighted by atomic mass is 10.2. The van der Waals surface area contributed by atoms with E-state index < -0.39 is 0 Å². The lowest BCUT2D eigenvalue weighted by molar-refractivity contribution is 1.28. The summed E-state index contributed by atoms with van der Waals surface area (Å²) < 4.78 is 0. The van der Waals surface area contributed by atoms with Crippen LogP contribution in [0.5, 0.6) is 0 Å². The van der Waals surface area contributed by atoms with E-state index in [0.717, 1.165) is 11.3 Å². The normalized spacial score (nSPS) is 10.5. The molecule has 0 saturated heterocycles. The molecule has 0 N–H and O–H groups in total. The lowest BCUT2D eigenvalue weighted by Gasteiger charge is -2.00. The number of pyridine rings is 1. The van der Waals surface area contributed by atoms with E-state index in [1.165, 1.54) is 0 Å². The van der Waals surface area contributed by atoms with Crippen molar-refractivity contribution in [3.63, 3.8) is 0 Å². The summed E-state index contributed by atoms with van der Waals surface area (Å²) in [5.41, 5.74) is 1.75. The van der Waals surface area contributed by atoms with E-state index in [4.69, 9.17) is 11.6 Å². The number of halogens is 1. The zero-order chi connectivity index (χ0) is 8.97. The highest BCUT2D eigenvalue weighted by molar-refractivity contribution is 6.32. The van der Waals surface area contributed by atoms with E-state index in [0.29, 0.717) is 5.02 Å². The van der Waals surface area contributed by atoms with Crippen molar-refractivity contribution in [2.45, 2.75) is 6.92 Å². The van der Waals surface area contributed by atoms with Gasteiger partial charge in [0.1, 0.15) is 0 Å². The molecule has 2 heteroatoms. The van der Waals surface area contributed by atoms with Crippen molar-refractivity contribution in [3.05, 3.63) is 41.2 Å². The molecule has 0 aliphatic rings. The van der Waals surface area contributed by atoms with Crippen LogP contribution < -0.4 is 0 Å². The first-order chi connectivity index (χ1) is 5.79.